The van der Waals surface area contributed by atoms with Crippen molar-refractivity contribution in [2.45, 2.75) is 33.2 Å². The Morgan fingerprint density at radius 1 is 1.50 bits per heavy atom. The van der Waals surface area contributed by atoms with Gasteiger partial charge in [0, 0.05) is 19.6 Å². The molecular weight excluding hydrogens is 180 g/mol. The molecule has 1 saturated heterocycles. The van der Waals surface area contributed by atoms with Crippen molar-refractivity contribution >= 4 is 6.09 Å². The lowest BCUT2D eigenvalue weighted by atomic mass is 9.73. The summed E-state index contributed by atoms with van der Waals surface area (Å²) < 4.78 is 0. The maximum absolute atomic E-state index is 11.1. The number of rotatable bonds is 0. The molecule has 1 heterocycles. The molecule has 0 aliphatic carbocycles. The molecular formula is C10H20N2O2. The van der Waals surface area contributed by atoms with Crippen LogP contribution in [0.25, 0.3) is 0 Å². The summed E-state index contributed by atoms with van der Waals surface area (Å²) in [6.07, 6.45) is -0.816. The Morgan fingerprint density at radius 2 is 2.07 bits per heavy atom. The fourth-order valence-corrected chi connectivity index (χ4v) is 1.84. The van der Waals surface area contributed by atoms with Crippen molar-refractivity contribution in [2.24, 2.45) is 5.41 Å². The molecule has 0 saturated carbocycles. The molecule has 0 aromatic carbocycles. The summed E-state index contributed by atoms with van der Waals surface area (Å²) in [4.78, 5) is 12.7. The summed E-state index contributed by atoms with van der Waals surface area (Å²) in [5, 5.41) is 12.4. The monoisotopic (exact) mass is 200 g/mol. The fourth-order valence-electron chi connectivity index (χ4n) is 1.84. The molecule has 1 rings (SSSR count). The van der Waals surface area contributed by atoms with E-state index in [1.165, 1.54) is 0 Å². The molecule has 0 spiro atoms. The highest BCUT2D eigenvalue weighted by molar-refractivity contribution is 5.66. The van der Waals surface area contributed by atoms with Crippen LogP contribution in [0, 0.1) is 5.41 Å². The van der Waals surface area contributed by atoms with E-state index in [2.05, 4.69) is 26.1 Å². The van der Waals surface area contributed by atoms with Crippen LogP contribution in [0.15, 0.2) is 0 Å². The minimum atomic E-state index is -0.816. The topological polar surface area (TPSA) is 52.6 Å². The van der Waals surface area contributed by atoms with Crippen LogP contribution in [0.4, 0.5) is 4.79 Å². The highest BCUT2D eigenvalue weighted by atomic mass is 16.4. The molecule has 4 heteroatoms. The number of amides is 1. The standard InChI is InChI=1S/C10H20N2O2/c1-9(2,3)10(4)7-11-5-6-12(10)8(13)14/h11H,5-7H2,1-4H3,(H,13,14). The van der Waals surface area contributed by atoms with Crippen molar-refractivity contribution in [2.75, 3.05) is 19.6 Å². The zero-order chi connectivity index (χ0) is 11.0. The highest BCUT2D eigenvalue weighted by Gasteiger charge is 2.46. The van der Waals surface area contributed by atoms with Gasteiger partial charge in [0.1, 0.15) is 0 Å². The molecule has 0 aromatic rings. The van der Waals surface area contributed by atoms with Gasteiger partial charge >= 0.3 is 6.09 Å². The van der Waals surface area contributed by atoms with E-state index < -0.39 is 6.09 Å². The molecule has 1 fully saturated rings. The molecule has 2 N–H and O–H groups in total. The van der Waals surface area contributed by atoms with Gasteiger partial charge in [-0.3, -0.25) is 4.90 Å². The molecule has 1 unspecified atom stereocenters. The zero-order valence-electron chi connectivity index (χ0n) is 9.42. The fraction of sp³-hybridized carbons (Fsp3) is 0.900. The van der Waals surface area contributed by atoms with Gasteiger partial charge in [0.05, 0.1) is 5.54 Å². The summed E-state index contributed by atoms with van der Waals surface area (Å²) in [7, 11) is 0. The van der Waals surface area contributed by atoms with Gasteiger partial charge in [0.25, 0.3) is 0 Å². The Morgan fingerprint density at radius 3 is 2.43 bits per heavy atom. The number of piperazine rings is 1. The molecule has 82 valence electrons. The first-order valence-electron chi connectivity index (χ1n) is 5.00. The molecule has 14 heavy (non-hydrogen) atoms. The van der Waals surface area contributed by atoms with E-state index in [0.717, 1.165) is 13.1 Å². The van der Waals surface area contributed by atoms with Crippen LogP contribution in [0.1, 0.15) is 27.7 Å². The SMILES string of the molecule is CC(C)(C)C1(C)CNCCN1C(=O)O. The average Bonchev–Trinajstić information content (AvgIpc) is 2.02. The minimum Gasteiger partial charge on any atom is -0.465 e. The van der Waals surface area contributed by atoms with E-state index in [1.54, 1.807) is 4.90 Å². The third kappa shape index (κ3) is 1.71. The third-order valence-electron chi connectivity index (χ3n) is 3.42. The van der Waals surface area contributed by atoms with Gasteiger partial charge in [-0.05, 0) is 12.3 Å². The summed E-state index contributed by atoms with van der Waals surface area (Å²) in [6, 6.07) is 0. The number of carbonyl (C=O) groups is 1. The Balaban J connectivity index is 2.97. The van der Waals surface area contributed by atoms with Crippen molar-refractivity contribution in [1.82, 2.24) is 10.2 Å². The third-order valence-corrected chi connectivity index (χ3v) is 3.42. The van der Waals surface area contributed by atoms with Gasteiger partial charge in [0.2, 0.25) is 0 Å². The summed E-state index contributed by atoms with van der Waals surface area (Å²) >= 11 is 0. The second kappa shape index (κ2) is 3.42. The van der Waals surface area contributed by atoms with Gasteiger partial charge in [-0.1, -0.05) is 20.8 Å². The van der Waals surface area contributed by atoms with Crippen LogP contribution in [0.3, 0.4) is 0 Å². The molecule has 0 bridgehead atoms. The molecule has 1 aliphatic heterocycles. The Hall–Kier alpha value is -0.770. The zero-order valence-corrected chi connectivity index (χ0v) is 9.42. The van der Waals surface area contributed by atoms with Crippen LogP contribution in [0.5, 0.6) is 0 Å². The predicted molar refractivity (Wildman–Crippen MR) is 55.5 cm³/mol. The summed E-state index contributed by atoms with van der Waals surface area (Å²) in [5.74, 6) is 0. The van der Waals surface area contributed by atoms with Gasteiger partial charge in [-0.2, -0.15) is 0 Å². The van der Waals surface area contributed by atoms with Crippen LogP contribution >= 0.6 is 0 Å². The Labute approximate surface area is 85.3 Å². The highest BCUT2D eigenvalue weighted by Crippen LogP contribution is 2.36. The molecule has 1 aliphatic rings. The van der Waals surface area contributed by atoms with Crippen molar-refractivity contribution < 1.29 is 9.90 Å². The van der Waals surface area contributed by atoms with Gasteiger partial charge in [0.15, 0.2) is 0 Å². The van der Waals surface area contributed by atoms with E-state index in [9.17, 15) is 4.79 Å². The molecule has 1 atom stereocenters. The van der Waals surface area contributed by atoms with Crippen LogP contribution in [0.2, 0.25) is 0 Å². The number of hydrogen-bond donors (Lipinski definition) is 2. The van der Waals surface area contributed by atoms with Gasteiger partial charge in [-0.15, -0.1) is 0 Å². The largest absolute Gasteiger partial charge is 0.465 e. The quantitative estimate of drug-likeness (QED) is 0.621. The molecule has 0 radical (unpaired) electrons. The second-order valence-corrected chi connectivity index (χ2v) is 5.13. The first kappa shape index (κ1) is 11.3. The minimum absolute atomic E-state index is 0.0567. The Bertz CT molecular complexity index is 235. The average molecular weight is 200 g/mol. The molecule has 0 aromatic heterocycles. The Kier molecular flexibility index (Phi) is 2.76. The smallest absolute Gasteiger partial charge is 0.407 e. The lowest BCUT2D eigenvalue weighted by molar-refractivity contribution is -0.00102. The molecule has 1 amide bonds. The normalized spacial score (nSPS) is 29.0. The maximum Gasteiger partial charge on any atom is 0.407 e. The van der Waals surface area contributed by atoms with Crippen molar-refractivity contribution in [3.63, 3.8) is 0 Å². The van der Waals surface area contributed by atoms with Crippen molar-refractivity contribution in [3.8, 4) is 0 Å². The van der Waals surface area contributed by atoms with Crippen LogP contribution in [-0.2, 0) is 0 Å². The van der Waals surface area contributed by atoms with Gasteiger partial charge in [-0.25, -0.2) is 4.79 Å². The van der Waals surface area contributed by atoms with Crippen LogP contribution in [-0.4, -0.2) is 41.3 Å². The van der Waals surface area contributed by atoms with Gasteiger partial charge < -0.3 is 10.4 Å². The maximum atomic E-state index is 11.1. The van der Waals surface area contributed by atoms with E-state index in [4.69, 9.17) is 5.11 Å². The van der Waals surface area contributed by atoms with E-state index in [1.807, 2.05) is 6.92 Å². The second-order valence-electron chi connectivity index (χ2n) is 5.13. The van der Waals surface area contributed by atoms with E-state index in [-0.39, 0.29) is 11.0 Å². The summed E-state index contributed by atoms with van der Waals surface area (Å²) in [6.45, 7) is 10.3. The lowest BCUT2D eigenvalue weighted by Crippen LogP contribution is -2.66. The summed E-state index contributed by atoms with van der Waals surface area (Å²) in [5.41, 5.74) is -0.379. The predicted octanol–water partition coefficient (Wildman–Crippen LogP) is 1.37. The van der Waals surface area contributed by atoms with E-state index in [0.29, 0.717) is 6.54 Å². The lowest BCUT2D eigenvalue weighted by Gasteiger charge is -2.51. The van der Waals surface area contributed by atoms with Crippen molar-refractivity contribution in [1.29, 1.82) is 0 Å². The first-order valence-corrected chi connectivity index (χ1v) is 5.00. The van der Waals surface area contributed by atoms with Crippen molar-refractivity contribution in [3.05, 3.63) is 0 Å². The van der Waals surface area contributed by atoms with E-state index >= 15 is 0 Å². The number of nitrogens with zero attached hydrogens (tertiary/aromatic N) is 1. The number of carboxylic acid groups (broad SMARTS) is 1. The number of nitrogens with one attached hydrogen (secondary N) is 1. The molecule has 4 nitrogen and oxygen atoms in total. The van der Waals surface area contributed by atoms with Crippen LogP contribution < -0.4 is 5.32 Å². The first-order chi connectivity index (χ1) is 6.29. The number of hydrogen-bond acceptors (Lipinski definition) is 2.